The number of benzene rings is 1. The number of esters is 1. The number of rotatable bonds is 5. The molecule has 0 saturated heterocycles. The second-order valence-electron chi connectivity index (χ2n) is 5.87. The SMILES string of the molecule is COC(=O)C1=C(C)N(Cc2ccco2)C(=O)/C1=C\c1cc(Br)ccc1OC. The maximum Gasteiger partial charge on any atom is 0.340 e. The Kier molecular flexibility index (Phi) is 5.51. The number of nitrogens with zero attached hydrogens (tertiary/aromatic N) is 1. The van der Waals surface area contributed by atoms with Crippen molar-refractivity contribution in [2.75, 3.05) is 14.2 Å². The summed E-state index contributed by atoms with van der Waals surface area (Å²) in [6.07, 6.45) is 3.18. The molecule has 2 aromatic rings. The fraction of sp³-hybridized carbons (Fsp3) is 0.200. The van der Waals surface area contributed by atoms with Crippen LogP contribution in [0.3, 0.4) is 0 Å². The smallest absolute Gasteiger partial charge is 0.340 e. The van der Waals surface area contributed by atoms with Gasteiger partial charge in [0.1, 0.15) is 11.5 Å². The Balaban J connectivity index is 2.09. The van der Waals surface area contributed by atoms with Gasteiger partial charge in [-0.15, -0.1) is 0 Å². The standard InChI is InChI=1S/C20H18BrNO5/c1-12-18(20(24)26-3)16(10-13-9-14(21)6-7-17(13)25-2)19(23)22(12)11-15-5-4-8-27-15/h4-10H,11H2,1-3H3/b16-10-. The van der Waals surface area contributed by atoms with Crippen molar-refractivity contribution in [3.05, 3.63) is 69.2 Å². The number of halogens is 1. The second-order valence-corrected chi connectivity index (χ2v) is 6.78. The topological polar surface area (TPSA) is 69.0 Å². The summed E-state index contributed by atoms with van der Waals surface area (Å²) in [7, 11) is 2.84. The zero-order valence-corrected chi connectivity index (χ0v) is 16.7. The summed E-state index contributed by atoms with van der Waals surface area (Å²) in [6.45, 7) is 1.94. The van der Waals surface area contributed by atoms with Crippen LogP contribution in [0.2, 0.25) is 0 Å². The Morgan fingerprint density at radius 2 is 2.07 bits per heavy atom. The largest absolute Gasteiger partial charge is 0.496 e. The third kappa shape index (κ3) is 3.68. The van der Waals surface area contributed by atoms with Crippen molar-refractivity contribution < 1.29 is 23.5 Å². The van der Waals surface area contributed by atoms with E-state index in [0.29, 0.717) is 22.8 Å². The Labute approximate surface area is 165 Å². The van der Waals surface area contributed by atoms with E-state index >= 15 is 0 Å². The van der Waals surface area contributed by atoms with Crippen LogP contribution in [-0.4, -0.2) is 31.0 Å². The molecule has 2 heterocycles. The van der Waals surface area contributed by atoms with Gasteiger partial charge in [-0.1, -0.05) is 15.9 Å². The van der Waals surface area contributed by atoms with Crippen molar-refractivity contribution in [1.29, 1.82) is 0 Å². The molecule has 1 amide bonds. The van der Waals surface area contributed by atoms with Gasteiger partial charge < -0.3 is 18.8 Å². The minimum Gasteiger partial charge on any atom is -0.496 e. The zero-order valence-electron chi connectivity index (χ0n) is 15.1. The predicted molar refractivity (Wildman–Crippen MR) is 103 cm³/mol. The van der Waals surface area contributed by atoms with Gasteiger partial charge in [-0.05, 0) is 43.3 Å². The van der Waals surface area contributed by atoms with Gasteiger partial charge in [-0.3, -0.25) is 4.79 Å². The summed E-state index contributed by atoms with van der Waals surface area (Å²) >= 11 is 3.42. The van der Waals surface area contributed by atoms with Gasteiger partial charge in [-0.2, -0.15) is 0 Å². The molecular formula is C20H18BrNO5. The highest BCUT2D eigenvalue weighted by Crippen LogP contribution is 2.35. The Morgan fingerprint density at radius 1 is 1.30 bits per heavy atom. The molecule has 0 fully saturated rings. The third-order valence-electron chi connectivity index (χ3n) is 4.29. The van der Waals surface area contributed by atoms with E-state index < -0.39 is 5.97 Å². The average molecular weight is 432 g/mol. The first-order chi connectivity index (χ1) is 13.0. The first-order valence-electron chi connectivity index (χ1n) is 8.15. The van der Waals surface area contributed by atoms with Gasteiger partial charge in [-0.25, -0.2) is 4.79 Å². The number of carbonyl (C=O) groups is 2. The molecule has 0 saturated carbocycles. The molecule has 0 spiro atoms. The Hall–Kier alpha value is -2.80. The molecular weight excluding hydrogens is 414 g/mol. The van der Waals surface area contributed by atoms with Gasteiger partial charge in [0.25, 0.3) is 5.91 Å². The minimum atomic E-state index is -0.567. The minimum absolute atomic E-state index is 0.227. The molecule has 1 aliphatic heterocycles. The molecule has 140 valence electrons. The maximum atomic E-state index is 13.1. The Bertz CT molecular complexity index is 943. The van der Waals surface area contributed by atoms with Crippen molar-refractivity contribution in [3.63, 3.8) is 0 Å². The number of allylic oxidation sites excluding steroid dienone is 1. The van der Waals surface area contributed by atoms with Gasteiger partial charge in [0.2, 0.25) is 0 Å². The molecule has 0 aliphatic carbocycles. The highest BCUT2D eigenvalue weighted by molar-refractivity contribution is 9.10. The molecule has 0 radical (unpaired) electrons. The lowest BCUT2D eigenvalue weighted by atomic mass is 10.0. The maximum absolute atomic E-state index is 13.1. The van der Waals surface area contributed by atoms with Crippen LogP contribution in [0.15, 0.2) is 62.3 Å². The molecule has 0 atom stereocenters. The molecule has 0 N–H and O–H groups in total. The number of hydrogen-bond donors (Lipinski definition) is 0. The Morgan fingerprint density at radius 3 is 2.70 bits per heavy atom. The molecule has 27 heavy (non-hydrogen) atoms. The van der Waals surface area contributed by atoms with Crippen LogP contribution in [0, 0.1) is 0 Å². The molecule has 1 aromatic carbocycles. The molecule has 1 aliphatic rings. The van der Waals surface area contributed by atoms with Crippen LogP contribution in [0.25, 0.3) is 6.08 Å². The van der Waals surface area contributed by atoms with E-state index in [-0.39, 0.29) is 23.6 Å². The summed E-state index contributed by atoms with van der Waals surface area (Å²) in [5.74, 6) is 0.340. The number of hydrogen-bond acceptors (Lipinski definition) is 5. The van der Waals surface area contributed by atoms with Crippen LogP contribution in [-0.2, 0) is 20.9 Å². The lowest BCUT2D eigenvalue weighted by molar-refractivity contribution is -0.136. The van der Waals surface area contributed by atoms with E-state index in [1.54, 1.807) is 44.6 Å². The third-order valence-corrected chi connectivity index (χ3v) is 4.78. The predicted octanol–water partition coefficient (Wildman–Crippen LogP) is 3.92. The fourth-order valence-corrected chi connectivity index (χ4v) is 3.33. The summed E-state index contributed by atoms with van der Waals surface area (Å²) in [5.41, 5.74) is 1.67. The molecule has 1 aromatic heterocycles. The number of methoxy groups -OCH3 is 2. The van der Waals surface area contributed by atoms with E-state index in [1.165, 1.54) is 12.0 Å². The summed E-state index contributed by atoms with van der Waals surface area (Å²) in [4.78, 5) is 27.0. The summed E-state index contributed by atoms with van der Waals surface area (Å²) in [6, 6.07) is 8.96. The second kappa shape index (κ2) is 7.84. The van der Waals surface area contributed by atoms with Crippen LogP contribution in [0.1, 0.15) is 18.2 Å². The van der Waals surface area contributed by atoms with Crippen molar-refractivity contribution in [1.82, 2.24) is 4.90 Å². The molecule has 3 rings (SSSR count). The van der Waals surface area contributed by atoms with E-state index in [4.69, 9.17) is 13.9 Å². The van der Waals surface area contributed by atoms with Gasteiger partial charge in [0, 0.05) is 15.7 Å². The van der Waals surface area contributed by atoms with E-state index in [0.717, 1.165) is 4.47 Å². The highest BCUT2D eigenvalue weighted by atomic mass is 79.9. The lowest BCUT2D eigenvalue weighted by Crippen LogP contribution is -2.24. The van der Waals surface area contributed by atoms with Crippen molar-refractivity contribution in [3.8, 4) is 5.75 Å². The van der Waals surface area contributed by atoms with E-state index in [2.05, 4.69) is 15.9 Å². The zero-order chi connectivity index (χ0) is 19.6. The van der Waals surface area contributed by atoms with Crippen LogP contribution in [0.4, 0.5) is 0 Å². The fourth-order valence-electron chi connectivity index (χ4n) is 2.95. The summed E-state index contributed by atoms with van der Waals surface area (Å²) < 4.78 is 16.4. The number of furan rings is 1. The number of carbonyl (C=O) groups excluding carboxylic acids is 2. The first kappa shape index (κ1) is 19.0. The first-order valence-corrected chi connectivity index (χ1v) is 8.94. The highest BCUT2D eigenvalue weighted by Gasteiger charge is 2.37. The molecule has 0 unspecified atom stereocenters. The normalized spacial score (nSPS) is 15.6. The van der Waals surface area contributed by atoms with E-state index in [1.807, 2.05) is 12.1 Å². The van der Waals surface area contributed by atoms with Crippen LogP contribution in [0.5, 0.6) is 5.75 Å². The van der Waals surface area contributed by atoms with Crippen LogP contribution >= 0.6 is 15.9 Å². The monoisotopic (exact) mass is 431 g/mol. The summed E-state index contributed by atoms with van der Waals surface area (Å²) in [5, 5.41) is 0. The van der Waals surface area contributed by atoms with Crippen molar-refractivity contribution >= 4 is 33.9 Å². The van der Waals surface area contributed by atoms with Crippen LogP contribution < -0.4 is 4.74 Å². The molecule has 0 bridgehead atoms. The van der Waals surface area contributed by atoms with Gasteiger partial charge in [0.15, 0.2) is 0 Å². The number of amides is 1. The van der Waals surface area contributed by atoms with Crippen molar-refractivity contribution in [2.45, 2.75) is 13.5 Å². The average Bonchev–Trinajstić information content (AvgIpc) is 3.24. The van der Waals surface area contributed by atoms with Crippen molar-refractivity contribution in [2.24, 2.45) is 0 Å². The van der Waals surface area contributed by atoms with E-state index in [9.17, 15) is 9.59 Å². The quantitative estimate of drug-likeness (QED) is 0.529. The van der Waals surface area contributed by atoms with Gasteiger partial charge >= 0.3 is 5.97 Å². The molecule has 6 nitrogen and oxygen atoms in total. The van der Waals surface area contributed by atoms with Gasteiger partial charge in [0.05, 0.1) is 38.2 Å². The lowest BCUT2D eigenvalue weighted by Gasteiger charge is -2.16. The number of ether oxygens (including phenoxy) is 2. The molecule has 7 heteroatoms.